The van der Waals surface area contributed by atoms with Crippen LogP contribution in [0.1, 0.15) is 5.56 Å². The summed E-state index contributed by atoms with van der Waals surface area (Å²) in [7, 11) is 0. The quantitative estimate of drug-likeness (QED) is 0.346. The molecule has 3 N–H and O–H groups in total. The van der Waals surface area contributed by atoms with E-state index in [1.54, 1.807) is 0 Å². The smallest absolute Gasteiger partial charge is 0.306 e. The van der Waals surface area contributed by atoms with Crippen molar-refractivity contribution < 1.29 is 14.4 Å². The van der Waals surface area contributed by atoms with Crippen LogP contribution in [-0.4, -0.2) is 26.2 Å². The zero-order valence-electron chi connectivity index (χ0n) is 10.2. The standard InChI is InChI=1S/C11H7FN4O4S/c12-7-2-1-5(3-8(7)16(19)20)13-4-6-9(17)14-11(21)15-10(6)18/h1-4H,(H3,14,15,17,18,21). The summed E-state index contributed by atoms with van der Waals surface area (Å²) in [6.07, 6.45) is 0.983. The number of aliphatic imine (C=N–C) groups is 1. The number of hydrogen-bond donors (Lipinski definition) is 3. The second-order valence-corrected chi connectivity index (χ2v) is 4.23. The predicted octanol–water partition coefficient (Wildman–Crippen LogP) is 1.94. The van der Waals surface area contributed by atoms with Gasteiger partial charge in [-0.15, -0.1) is 0 Å². The van der Waals surface area contributed by atoms with Crippen LogP contribution in [0.3, 0.4) is 0 Å². The van der Waals surface area contributed by atoms with E-state index in [4.69, 9.17) is 0 Å². The summed E-state index contributed by atoms with van der Waals surface area (Å²) in [5.74, 6) is -1.49. The average molecular weight is 310 g/mol. The van der Waals surface area contributed by atoms with Gasteiger partial charge in [0.1, 0.15) is 5.56 Å². The number of H-pyrrole nitrogens is 2. The Balaban J connectivity index is 2.43. The molecule has 1 aromatic heterocycles. The Kier molecular flexibility index (Phi) is 3.89. The number of aromatic hydroxyl groups is 1. The van der Waals surface area contributed by atoms with E-state index >= 15 is 0 Å². The van der Waals surface area contributed by atoms with Gasteiger partial charge < -0.3 is 10.1 Å². The molecule has 10 heteroatoms. The molecule has 1 aromatic carbocycles. The van der Waals surface area contributed by atoms with E-state index in [1.807, 2.05) is 0 Å². The van der Waals surface area contributed by atoms with E-state index in [2.05, 4.69) is 27.2 Å². The number of benzene rings is 1. The van der Waals surface area contributed by atoms with Gasteiger partial charge in [0.2, 0.25) is 11.7 Å². The molecule has 8 nitrogen and oxygen atoms in total. The summed E-state index contributed by atoms with van der Waals surface area (Å²) < 4.78 is 13.1. The normalized spacial score (nSPS) is 10.9. The number of nitro benzene ring substituents is 1. The zero-order valence-corrected chi connectivity index (χ0v) is 11.0. The first-order valence-electron chi connectivity index (χ1n) is 5.42. The largest absolute Gasteiger partial charge is 0.494 e. The van der Waals surface area contributed by atoms with E-state index in [0.717, 1.165) is 18.3 Å². The van der Waals surface area contributed by atoms with Crippen LogP contribution in [0.25, 0.3) is 0 Å². The molecule has 0 radical (unpaired) electrons. The second-order valence-electron chi connectivity index (χ2n) is 3.82. The van der Waals surface area contributed by atoms with Crippen LogP contribution in [0, 0.1) is 20.7 Å². The van der Waals surface area contributed by atoms with Gasteiger partial charge in [-0.3, -0.25) is 24.9 Å². The lowest BCUT2D eigenvalue weighted by Gasteiger charge is -1.98. The molecular weight excluding hydrogens is 303 g/mol. The SMILES string of the molecule is O=c1[nH]c(=S)[nH]c(O)c1C=Nc1ccc(F)c([N+](=O)[O-])c1. The molecule has 0 saturated carbocycles. The van der Waals surface area contributed by atoms with E-state index in [1.165, 1.54) is 6.07 Å². The molecule has 0 unspecified atom stereocenters. The molecule has 2 rings (SSSR count). The van der Waals surface area contributed by atoms with Crippen molar-refractivity contribution in [2.24, 2.45) is 4.99 Å². The molecule has 21 heavy (non-hydrogen) atoms. The van der Waals surface area contributed by atoms with Crippen LogP contribution in [0.2, 0.25) is 0 Å². The van der Waals surface area contributed by atoms with Crippen molar-refractivity contribution in [1.29, 1.82) is 0 Å². The maximum atomic E-state index is 13.2. The lowest BCUT2D eigenvalue weighted by atomic mass is 10.2. The first kappa shape index (κ1) is 14.5. The minimum atomic E-state index is -0.997. The van der Waals surface area contributed by atoms with Gasteiger partial charge in [0.15, 0.2) is 4.77 Å². The zero-order chi connectivity index (χ0) is 15.6. The van der Waals surface area contributed by atoms with Crippen LogP contribution in [0.5, 0.6) is 5.88 Å². The maximum absolute atomic E-state index is 13.2. The second kappa shape index (κ2) is 5.63. The molecule has 108 valence electrons. The molecule has 0 aliphatic heterocycles. The molecule has 0 amide bonds. The van der Waals surface area contributed by atoms with Gasteiger partial charge in [-0.25, -0.2) is 0 Å². The van der Waals surface area contributed by atoms with Crippen molar-refractivity contribution in [3.63, 3.8) is 0 Å². The first-order chi connectivity index (χ1) is 9.88. The average Bonchev–Trinajstić information content (AvgIpc) is 2.38. The molecule has 2 aromatic rings. The number of nitro groups is 1. The number of nitrogens with one attached hydrogen (secondary N) is 2. The van der Waals surface area contributed by atoms with Crippen molar-refractivity contribution in [3.05, 3.63) is 54.8 Å². The Bertz CT molecular complexity index is 858. The molecule has 0 atom stereocenters. The number of nitrogens with zero attached hydrogens (tertiary/aromatic N) is 2. The van der Waals surface area contributed by atoms with Crippen LogP contribution in [-0.2, 0) is 0 Å². The molecule has 0 aliphatic carbocycles. The first-order valence-corrected chi connectivity index (χ1v) is 5.83. The fraction of sp³-hybridized carbons (Fsp3) is 0. The maximum Gasteiger partial charge on any atom is 0.306 e. The molecule has 0 aliphatic rings. The molecule has 1 heterocycles. The Morgan fingerprint density at radius 1 is 1.43 bits per heavy atom. The molecule has 0 bridgehead atoms. The van der Waals surface area contributed by atoms with Gasteiger partial charge in [-0.1, -0.05) is 0 Å². The number of hydrogen-bond acceptors (Lipinski definition) is 6. The number of rotatable bonds is 3. The topological polar surface area (TPSA) is 124 Å². The molecule has 0 fully saturated rings. The van der Waals surface area contributed by atoms with Gasteiger partial charge in [0, 0.05) is 12.3 Å². The summed E-state index contributed by atoms with van der Waals surface area (Å²) in [5.41, 5.74) is -1.59. The van der Waals surface area contributed by atoms with Crippen molar-refractivity contribution in [2.45, 2.75) is 0 Å². The Labute approximate surface area is 120 Å². The van der Waals surface area contributed by atoms with E-state index in [0.29, 0.717) is 0 Å². The summed E-state index contributed by atoms with van der Waals surface area (Å²) in [6, 6.07) is 2.98. The fourth-order valence-corrected chi connectivity index (χ4v) is 1.65. The summed E-state index contributed by atoms with van der Waals surface area (Å²) in [4.78, 5) is 29.6. The highest BCUT2D eigenvalue weighted by Gasteiger charge is 2.14. The molecule has 0 saturated heterocycles. The van der Waals surface area contributed by atoms with Crippen LogP contribution >= 0.6 is 12.2 Å². The van der Waals surface area contributed by atoms with E-state index in [-0.39, 0.29) is 16.0 Å². The minimum absolute atomic E-state index is 0.0457. The third kappa shape index (κ3) is 3.17. The third-order valence-corrected chi connectivity index (χ3v) is 2.63. The molecular formula is C11H7FN4O4S. The number of halogens is 1. The minimum Gasteiger partial charge on any atom is -0.494 e. The van der Waals surface area contributed by atoms with E-state index < -0.39 is 27.9 Å². The van der Waals surface area contributed by atoms with Gasteiger partial charge in [-0.05, 0) is 24.4 Å². The van der Waals surface area contributed by atoms with Crippen LogP contribution < -0.4 is 5.56 Å². The third-order valence-electron chi connectivity index (χ3n) is 2.43. The van der Waals surface area contributed by atoms with Gasteiger partial charge in [0.05, 0.1) is 10.6 Å². The predicted molar refractivity (Wildman–Crippen MR) is 74.2 cm³/mol. The summed E-state index contributed by atoms with van der Waals surface area (Å²) in [6.45, 7) is 0. The summed E-state index contributed by atoms with van der Waals surface area (Å²) >= 11 is 4.65. The fourth-order valence-electron chi connectivity index (χ4n) is 1.46. The summed E-state index contributed by atoms with van der Waals surface area (Å²) in [5, 5.41) is 20.1. The monoisotopic (exact) mass is 310 g/mol. The highest BCUT2D eigenvalue weighted by Crippen LogP contribution is 2.23. The van der Waals surface area contributed by atoms with Crippen molar-refractivity contribution in [2.75, 3.05) is 0 Å². The van der Waals surface area contributed by atoms with Crippen molar-refractivity contribution >= 4 is 29.8 Å². The van der Waals surface area contributed by atoms with Gasteiger partial charge in [-0.2, -0.15) is 4.39 Å². The number of aromatic nitrogens is 2. The highest BCUT2D eigenvalue weighted by atomic mass is 32.1. The van der Waals surface area contributed by atoms with Crippen LogP contribution in [0.4, 0.5) is 15.8 Å². The van der Waals surface area contributed by atoms with Crippen molar-refractivity contribution in [3.8, 4) is 5.88 Å². The molecule has 0 spiro atoms. The highest BCUT2D eigenvalue weighted by molar-refractivity contribution is 7.71. The Morgan fingerprint density at radius 3 is 2.76 bits per heavy atom. The van der Waals surface area contributed by atoms with Crippen LogP contribution in [0.15, 0.2) is 28.0 Å². The van der Waals surface area contributed by atoms with Gasteiger partial charge in [0.25, 0.3) is 5.56 Å². The van der Waals surface area contributed by atoms with E-state index in [9.17, 15) is 24.4 Å². The Hall–Kier alpha value is -2.88. The number of aromatic amines is 2. The lowest BCUT2D eigenvalue weighted by molar-refractivity contribution is -0.387. The lowest BCUT2D eigenvalue weighted by Crippen LogP contribution is -2.13. The van der Waals surface area contributed by atoms with Crippen molar-refractivity contribution in [1.82, 2.24) is 9.97 Å². The Morgan fingerprint density at radius 2 is 2.14 bits per heavy atom. The van der Waals surface area contributed by atoms with Gasteiger partial charge >= 0.3 is 5.69 Å².